The highest BCUT2D eigenvalue weighted by atomic mass is 16.3. The van der Waals surface area contributed by atoms with Gasteiger partial charge in [-0.3, -0.25) is 4.79 Å². The van der Waals surface area contributed by atoms with Crippen molar-refractivity contribution >= 4 is 22.0 Å². The Kier molecular flexibility index (Phi) is 2.94. The number of nitrogens with one attached hydrogen (secondary N) is 2. The minimum atomic E-state index is -0.135. The van der Waals surface area contributed by atoms with E-state index < -0.39 is 0 Å². The summed E-state index contributed by atoms with van der Waals surface area (Å²) in [5.74, 6) is 0.751. The van der Waals surface area contributed by atoms with Crippen molar-refractivity contribution in [2.45, 2.75) is 13.3 Å². The fourth-order valence-corrected chi connectivity index (χ4v) is 2.80. The van der Waals surface area contributed by atoms with E-state index >= 15 is 0 Å². The van der Waals surface area contributed by atoms with E-state index in [1.54, 1.807) is 6.07 Å². The van der Waals surface area contributed by atoms with E-state index in [0.717, 1.165) is 16.6 Å². The van der Waals surface area contributed by atoms with Crippen LogP contribution in [0.5, 0.6) is 5.75 Å². The lowest BCUT2D eigenvalue weighted by Gasteiger charge is -2.04. The van der Waals surface area contributed by atoms with Gasteiger partial charge in [-0.15, -0.1) is 0 Å². The Morgan fingerprint density at radius 3 is 2.87 bits per heavy atom. The number of aryl methyl sites for hydroxylation is 1. The van der Waals surface area contributed by atoms with Gasteiger partial charge in [0.25, 0.3) is 5.82 Å². The summed E-state index contributed by atoms with van der Waals surface area (Å²) < 4.78 is 5.55. The number of fused-ring (bicyclic) bond motifs is 2. The lowest BCUT2D eigenvalue weighted by molar-refractivity contribution is -0.330. The van der Waals surface area contributed by atoms with E-state index in [4.69, 9.17) is 4.42 Å². The maximum absolute atomic E-state index is 12.8. The standard InChI is InChI=1S/C18H14N2O3/c1-2-10-7-11-16(8-15(10)21)23-9-12(17(11)22)18-19-13-5-3-4-6-14(13)20-18/h3-9,21H,2H2,1H3,(H,19,20)/p+1. The van der Waals surface area contributed by atoms with Crippen LogP contribution in [-0.2, 0) is 6.42 Å². The maximum atomic E-state index is 12.8. The van der Waals surface area contributed by atoms with Crippen LogP contribution in [0.15, 0.2) is 51.9 Å². The maximum Gasteiger partial charge on any atom is 0.292 e. The lowest BCUT2D eigenvalue weighted by atomic mass is 10.1. The van der Waals surface area contributed by atoms with E-state index in [1.165, 1.54) is 12.3 Å². The Bertz CT molecular complexity index is 1060. The number of hydrogen-bond donors (Lipinski definition) is 2. The van der Waals surface area contributed by atoms with Crippen LogP contribution in [0.2, 0.25) is 0 Å². The van der Waals surface area contributed by atoms with Crippen LogP contribution in [0.1, 0.15) is 12.5 Å². The average Bonchev–Trinajstić information content (AvgIpc) is 2.98. The zero-order valence-electron chi connectivity index (χ0n) is 12.5. The van der Waals surface area contributed by atoms with Gasteiger partial charge in [0, 0.05) is 6.07 Å². The first-order valence-electron chi connectivity index (χ1n) is 7.45. The molecule has 4 rings (SSSR count). The molecule has 0 atom stereocenters. The molecule has 0 aliphatic carbocycles. The van der Waals surface area contributed by atoms with Gasteiger partial charge in [-0.25, -0.2) is 9.97 Å². The van der Waals surface area contributed by atoms with Gasteiger partial charge in [-0.2, -0.15) is 0 Å². The number of hydrogen-bond acceptors (Lipinski definition) is 3. The normalized spacial score (nSPS) is 11.3. The van der Waals surface area contributed by atoms with Crippen molar-refractivity contribution in [3.05, 3.63) is 58.4 Å². The molecule has 114 valence electrons. The molecule has 2 aromatic carbocycles. The molecule has 0 radical (unpaired) electrons. The fraction of sp³-hybridized carbons (Fsp3) is 0.111. The van der Waals surface area contributed by atoms with Gasteiger partial charge in [-0.05, 0) is 30.2 Å². The smallest absolute Gasteiger partial charge is 0.292 e. The van der Waals surface area contributed by atoms with Crippen LogP contribution >= 0.6 is 0 Å². The Labute approximate surface area is 131 Å². The third-order valence-electron chi connectivity index (χ3n) is 4.07. The molecule has 4 aromatic rings. The van der Waals surface area contributed by atoms with Crippen LogP contribution in [0.25, 0.3) is 33.4 Å². The third kappa shape index (κ3) is 2.09. The van der Waals surface area contributed by atoms with E-state index in [9.17, 15) is 9.90 Å². The molecule has 0 aliphatic rings. The molecule has 0 fully saturated rings. The molecule has 0 saturated carbocycles. The second-order valence-corrected chi connectivity index (χ2v) is 5.48. The molecule has 5 heteroatoms. The number of imidazole rings is 1. The van der Waals surface area contributed by atoms with Crippen molar-refractivity contribution in [3.8, 4) is 17.1 Å². The molecular formula is C18H15N2O3+. The number of aromatic nitrogens is 2. The molecule has 2 heterocycles. The van der Waals surface area contributed by atoms with Crippen LogP contribution < -0.4 is 10.4 Å². The first kappa shape index (κ1) is 13.6. The summed E-state index contributed by atoms with van der Waals surface area (Å²) in [6.07, 6.45) is 2.06. The molecule has 0 amide bonds. The predicted octanol–water partition coefficient (Wildman–Crippen LogP) is 3.02. The molecule has 0 unspecified atom stereocenters. The molecule has 3 N–H and O–H groups in total. The van der Waals surface area contributed by atoms with Gasteiger partial charge in [-0.1, -0.05) is 19.1 Å². The number of aromatic hydroxyl groups is 1. The minimum Gasteiger partial charge on any atom is -0.508 e. The quantitative estimate of drug-likeness (QED) is 0.597. The Morgan fingerprint density at radius 2 is 2.09 bits per heavy atom. The van der Waals surface area contributed by atoms with Crippen LogP contribution in [0, 0.1) is 0 Å². The van der Waals surface area contributed by atoms with Crippen molar-refractivity contribution in [3.63, 3.8) is 0 Å². The van der Waals surface area contributed by atoms with Crippen LogP contribution in [0.3, 0.4) is 0 Å². The van der Waals surface area contributed by atoms with Gasteiger partial charge in [0.2, 0.25) is 5.43 Å². The minimum absolute atomic E-state index is 0.135. The molecule has 0 bridgehead atoms. The number of H-pyrrole nitrogens is 2. The van der Waals surface area contributed by atoms with Crippen molar-refractivity contribution in [1.29, 1.82) is 0 Å². The summed E-state index contributed by atoms with van der Waals surface area (Å²) in [7, 11) is 0. The van der Waals surface area contributed by atoms with Gasteiger partial charge in [0.05, 0.1) is 5.39 Å². The molecular weight excluding hydrogens is 292 g/mol. The number of benzene rings is 2. The third-order valence-corrected chi connectivity index (χ3v) is 4.07. The first-order chi connectivity index (χ1) is 11.2. The number of rotatable bonds is 2. The summed E-state index contributed by atoms with van der Waals surface area (Å²) in [4.78, 5) is 19.2. The zero-order valence-corrected chi connectivity index (χ0v) is 12.5. The molecule has 23 heavy (non-hydrogen) atoms. The van der Waals surface area contributed by atoms with E-state index in [-0.39, 0.29) is 11.2 Å². The lowest BCUT2D eigenvalue weighted by Crippen LogP contribution is -2.12. The molecule has 2 aromatic heterocycles. The second-order valence-electron chi connectivity index (χ2n) is 5.48. The van der Waals surface area contributed by atoms with Crippen LogP contribution in [-0.4, -0.2) is 10.1 Å². The van der Waals surface area contributed by atoms with E-state index in [2.05, 4.69) is 9.97 Å². The van der Waals surface area contributed by atoms with E-state index in [0.29, 0.717) is 28.8 Å². The topological polar surface area (TPSA) is 80.4 Å². The Morgan fingerprint density at radius 1 is 1.26 bits per heavy atom. The van der Waals surface area contributed by atoms with Crippen molar-refractivity contribution in [2.24, 2.45) is 0 Å². The highest BCUT2D eigenvalue weighted by molar-refractivity contribution is 5.83. The van der Waals surface area contributed by atoms with Crippen molar-refractivity contribution < 1.29 is 14.5 Å². The fourth-order valence-electron chi connectivity index (χ4n) is 2.80. The number of phenols is 1. The van der Waals surface area contributed by atoms with E-state index in [1.807, 2.05) is 31.2 Å². The molecule has 0 saturated heterocycles. The largest absolute Gasteiger partial charge is 0.508 e. The highest BCUT2D eigenvalue weighted by Gasteiger charge is 2.18. The SMILES string of the molecule is CCc1cc2c(=O)c(-c3[nH]c4ccccc4[nH+]3)coc2cc1O. The summed E-state index contributed by atoms with van der Waals surface area (Å²) >= 11 is 0. The van der Waals surface area contributed by atoms with Gasteiger partial charge < -0.3 is 9.52 Å². The number of para-hydroxylation sites is 2. The monoisotopic (exact) mass is 307 g/mol. The second kappa shape index (κ2) is 4.98. The number of phenolic OH excluding ortho intramolecular Hbond substituents is 1. The molecule has 0 aliphatic heterocycles. The van der Waals surface area contributed by atoms with Crippen LogP contribution in [0.4, 0.5) is 0 Å². The average molecular weight is 307 g/mol. The number of aromatic amines is 2. The molecule has 5 nitrogen and oxygen atoms in total. The summed E-state index contributed by atoms with van der Waals surface area (Å²) in [5.41, 5.74) is 3.24. The van der Waals surface area contributed by atoms with Crippen molar-refractivity contribution in [1.82, 2.24) is 4.98 Å². The summed E-state index contributed by atoms with van der Waals surface area (Å²) in [6, 6.07) is 10.9. The highest BCUT2D eigenvalue weighted by Crippen LogP contribution is 2.25. The predicted molar refractivity (Wildman–Crippen MR) is 87.4 cm³/mol. The Hall–Kier alpha value is -3.08. The first-order valence-corrected chi connectivity index (χ1v) is 7.45. The van der Waals surface area contributed by atoms with Gasteiger partial charge >= 0.3 is 0 Å². The van der Waals surface area contributed by atoms with Crippen molar-refractivity contribution in [2.75, 3.05) is 0 Å². The zero-order chi connectivity index (χ0) is 16.0. The summed E-state index contributed by atoms with van der Waals surface area (Å²) in [5, 5.41) is 10.4. The van der Waals surface area contributed by atoms with Gasteiger partial charge in [0.15, 0.2) is 11.0 Å². The molecule has 0 spiro atoms. The summed E-state index contributed by atoms with van der Waals surface area (Å²) in [6.45, 7) is 1.93. The van der Waals surface area contributed by atoms with Gasteiger partial charge in [0.1, 0.15) is 23.2 Å². The Balaban J connectivity index is 1.98.